The second kappa shape index (κ2) is 4.92. The lowest BCUT2D eigenvalue weighted by molar-refractivity contribution is 0.575. The summed E-state index contributed by atoms with van der Waals surface area (Å²) in [5.41, 5.74) is 1.06. The highest BCUT2D eigenvalue weighted by Gasteiger charge is 2.05. The van der Waals surface area contributed by atoms with Gasteiger partial charge in [0.15, 0.2) is 5.82 Å². The van der Waals surface area contributed by atoms with Gasteiger partial charge in [0.25, 0.3) is 0 Å². The van der Waals surface area contributed by atoms with Gasteiger partial charge in [-0.05, 0) is 12.3 Å². The van der Waals surface area contributed by atoms with Gasteiger partial charge in [0.05, 0.1) is 0 Å². The minimum Gasteiger partial charge on any atom is -0.263 e. The Morgan fingerprint density at radius 1 is 1.19 bits per heavy atom. The Labute approximate surface area is 95.9 Å². The van der Waals surface area contributed by atoms with Gasteiger partial charge in [0.1, 0.15) is 5.82 Å². The molecule has 0 spiro atoms. The molecule has 0 atom stereocenters. The van der Waals surface area contributed by atoms with Crippen molar-refractivity contribution in [3.05, 3.63) is 36.2 Å². The van der Waals surface area contributed by atoms with Crippen LogP contribution in [0.5, 0.6) is 0 Å². The summed E-state index contributed by atoms with van der Waals surface area (Å²) < 4.78 is 0. The number of aromatic nitrogens is 3. The third-order valence-corrected chi connectivity index (χ3v) is 2.52. The molecule has 84 valence electrons. The molecule has 3 nitrogen and oxygen atoms in total. The normalized spacial score (nSPS) is 10.9. The molecule has 1 heterocycles. The average molecular weight is 215 g/mol. The van der Waals surface area contributed by atoms with Crippen LogP contribution in [0.2, 0.25) is 0 Å². The molecule has 0 saturated carbocycles. The van der Waals surface area contributed by atoms with Crippen LogP contribution in [0.3, 0.4) is 0 Å². The monoisotopic (exact) mass is 215 g/mol. The van der Waals surface area contributed by atoms with Gasteiger partial charge in [-0.2, -0.15) is 5.10 Å². The zero-order valence-electron chi connectivity index (χ0n) is 9.77. The molecule has 0 aliphatic carbocycles. The van der Waals surface area contributed by atoms with Gasteiger partial charge < -0.3 is 0 Å². The second-order valence-electron chi connectivity index (χ2n) is 4.40. The summed E-state index contributed by atoms with van der Waals surface area (Å²) in [6.07, 6.45) is 2.11. The molecular formula is C13H17N3. The van der Waals surface area contributed by atoms with Gasteiger partial charge in [-0.1, -0.05) is 44.2 Å². The fourth-order valence-electron chi connectivity index (χ4n) is 1.55. The Bertz CT molecular complexity index is 431. The molecule has 0 amide bonds. The van der Waals surface area contributed by atoms with Crippen LogP contribution in [0.15, 0.2) is 30.3 Å². The number of aryl methyl sites for hydroxylation is 1. The van der Waals surface area contributed by atoms with Crippen LogP contribution in [-0.4, -0.2) is 15.2 Å². The van der Waals surface area contributed by atoms with Gasteiger partial charge in [-0.15, -0.1) is 0 Å². The minimum absolute atomic E-state index is 0.699. The Balaban J connectivity index is 2.08. The van der Waals surface area contributed by atoms with E-state index < -0.39 is 0 Å². The van der Waals surface area contributed by atoms with Crippen molar-refractivity contribution in [3.63, 3.8) is 0 Å². The van der Waals surface area contributed by atoms with Gasteiger partial charge in [-0.3, -0.25) is 5.10 Å². The first-order valence-electron chi connectivity index (χ1n) is 5.72. The van der Waals surface area contributed by atoms with E-state index in [0.717, 1.165) is 30.1 Å². The third kappa shape index (κ3) is 2.69. The summed E-state index contributed by atoms with van der Waals surface area (Å²) >= 11 is 0. The molecule has 1 N–H and O–H groups in total. The molecule has 0 unspecified atom stereocenters. The Hall–Kier alpha value is -1.64. The van der Waals surface area contributed by atoms with Crippen LogP contribution in [-0.2, 0) is 6.42 Å². The first kappa shape index (κ1) is 10.9. The topological polar surface area (TPSA) is 41.6 Å². The maximum Gasteiger partial charge on any atom is 0.181 e. The van der Waals surface area contributed by atoms with Crippen molar-refractivity contribution in [2.45, 2.75) is 26.7 Å². The van der Waals surface area contributed by atoms with E-state index in [1.165, 1.54) is 0 Å². The van der Waals surface area contributed by atoms with Crippen LogP contribution >= 0.6 is 0 Å². The van der Waals surface area contributed by atoms with Crippen molar-refractivity contribution >= 4 is 0 Å². The molecule has 1 aromatic heterocycles. The zero-order valence-corrected chi connectivity index (χ0v) is 9.77. The first-order chi connectivity index (χ1) is 7.75. The predicted molar refractivity (Wildman–Crippen MR) is 65.0 cm³/mol. The van der Waals surface area contributed by atoms with Crippen molar-refractivity contribution in [1.29, 1.82) is 0 Å². The predicted octanol–water partition coefficient (Wildman–Crippen LogP) is 3.06. The maximum atomic E-state index is 4.49. The number of nitrogens with zero attached hydrogens (tertiary/aromatic N) is 2. The Morgan fingerprint density at radius 3 is 2.62 bits per heavy atom. The van der Waals surface area contributed by atoms with E-state index in [9.17, 15) is 0 Å². The maximum absolute atomic E-state index is 4.49. The quantitative estimate of drug-likeness (QED) is 0.851. The highest BCUT2D eigenvalue weighted by molar-refractivity contribution is 5.53. The summed E-state index contributed by atoms with van der Waals surface area (Å²) in [7, 11) is 0. The summed E-state index contributed by atoms with van der Waals surface area (Å²) in [5.74, 6) is 2.47. The lowest BCUT2D eigenvalue weighted by atomic mass is 10.1. The SMILES string of the molecule is CC(C)CCc1nc(-c2ccccc2)n[nH]1. The molecular weight excluding hydrogens is 198 g/mol. The average Bonchev–Trinajstić information content (AvgIpc) is 2.76. The number of hydrogen-bond acceptors (Lipinski definition) is 2. The van der Waals surface area contributed by atoms with Crippen LogP contribution in [0.4, 0.5) is 0 Å². The molecule has 0 aliphatic heterocycles. The molecule has 16 heavy (non-hydrogen) atoms. The number of aromatic amines is 1. The zero-order chi connectivity index (χ0) is 11.4. The van der Waals surface area contributed by atoms with Crippen LogP contribution < -0.4 is 0 Å². The Morgan fingerprint density at radius 2 is 1.94 bits per heavy atom. The third-order valence-electron chi connectivity index (χ3n) is 2.52. The highest BCUT2D eigenvalue weighted by Crippen LogP contribution is 2.14. The molecule has 0 saturated heterocycles. The number of hydrogen-bond donors (Lipinski definition) is 1. The second-order valence-corrected chi connectivity index (χ2v) is 4.40. The summed E-state index contributed by atoms with van der Waals surface area (Å²) in [5, 5.41) is 7.23. The number of nitrogens with one attached hydrogen (secondary N) is 1. The van der Waals surface area contributed by atoms with Crippen LogP contribution in [0, 0.1) is 5.92 Å². The number of rotatable bonds is 4. The summed E-state index contributed by atoms with van der Waals surface area (Å²) in [4.78, 5) is 4.49. The van der Waals surface area contributed by atoms with Gasteiger partial charge in [0, 0.05) is 12.0 Å². The standard InChI is InChI=1S/C13H17N3/c1-10(2)8-9-12-14-13(16-15-12)11-6-4-3-5-7-11/h3-7,10H,8-9H2,1-2H3,(H,14,15,16). The van der Waals surface area contributed by atoms with Crippen molar-refractivity contribution in [2.24, 2.45) is 5.92 Å². The van der Waals surface area contributed by atoms with E-state index in [2.05, 4.69) is 29.0 Å². The molecule has 0 fully saturated rings. The van der Waals surface area contributed by atoms with E-state index >= 15 is 0 Å². The van der Waals surface area contributed by atoms with E-state index in [0.29, 0.717) is 5.92 Å². The first-order valence-corrected chi connectivity index (χ1v) is 5.72. The molecule has 0 radical (unpaired) electrons. The smallest absolute Gasteiger partial charge is 0.181 e. The minimum atomic E-state index is 0.699. The largest absolute Gasteiger partial charge is 0.263 e. The van der Waals surface area contributed by atoms with Crippen LogP contribution in [0.25, 0.3) is 11.4 Å². The molecule has 3 heteroatoms. The van der Waals surface area contributed by atoms with Gasteiger partial charge in [-0.25, -0.2) is 4.98 Å². The molecule has 2 rings (SSSR count). The highest BCUT2D eigenvalue weighted by atomic mass is 15.2. The number of benzene rings is 1. The fraction of sp³-hybridized carbons (Fsp3) is 0.385. The van der Waals surface area contributed by atoms with E-state index in [1.807, 2.05) is 30.3 Å². The summed E-state index contributed by atoms with van der Waals surface area (Å²) in [6.45, 7) is 4.43. The van der Waals surface area contributed by atoms with Crippen molar-refractivity contribution < 1.29 is 0 Å². The van der Waals surface area contributed by atoms with Crippen molar-refractivity contribution in [2.75, 3.05) is 0 Å². The summed E-state index contributed by atoms with van der Waals surface area (Å²) in [6, 6.07) is 10.0. The molecule has 0 bridgehead atoms. The van der Waals surface area contributed by atoms with Crippen LogP contribution in [0.1, 0.15) is 26.1 Å². The molecule has 2 aromatic rings. The molecule has 0 aliphatic rings. The van der Waals surface area contributed by atoms with Gasteiger partial charge >= 0.3 is 0 Å². The van der Waals surface area contributed by atoms with E-state index in [4.69, 9.17) is 0 Å². The van der Waals surface area contributed by atoms with Gasteiger partial charge in [0.2, 0.25) is 0 Å². The Kier molecular flexibility index (Phi) is 3.34. The van der Waals surface area contributed by atoms with E-state index in [-0.39, 0.29) is 0 Å². The van der Waals surface area contributed by atoms with Crippen molar-refractivity contribution in [3.8, 4) is 11.4 Å². The lowest BCUT2D eigenvalue weighted by Gasteiger charge is -1.99. The van der Waals surface area contributed by atoms with Crippen molar-refractivity contribution in [1.82, 2.24) is 15.2 Å². The van der Waals surface area contributed by atoms with E-state index in [1.54, 1.807) is 0 Å². The molecule has 1 aromatic carbocycles. The fourth-order valence-corrected chi connectivity index (χ4v) is 1.55. The number of H-pyrrole nitrogens is 1. The lowest BCUT2D eigenvalue weighted by Crippen LogP contribution is -1.93.